The van der Waals surface area contributed by atoms with Crippen molar-refractivity contribution in [3.8, 4) is 0 Å². The Morgan fingerprint density at radius 1 is 1.42 bits per heavy atom. The standard InChI is InChI=1S/C14H18F2N2O/c1-9(11-8-10(15)5-6-12(11)16)18-14(19)13-4-2-3-7-17-13/h5-6,8-9,13,17H,2-4,7H2,1H3,(H,18,19)/t9?,13-/m1/s1. The van der Waals surface area contributed by atoms with Crippen LogP contribution in [-0.4, -0.2) is 18.5 Å². The molecule has 104 valence electrons. The molecule has 1 aliphatic rings. The van der Waals surface area contributed by atoms with E-state index in [0.717, 1.165) is 44.0 Å². The lowest BCUT2D eigenvalue weighted by molar-refractivity contribution is -0.124. The van der Waals surface area contributed by atoms with Crippen LogP contribution in [0.1, 0.15) is 37.8 Å². The average Bonchev–Trinajstić information content (AvgIpc) is 2.42. The Bertz CT molecular complexity index is 459. The third-order valence-corrected chi connectivity index (χ3v) is 3.41. The number of hydrogen-bond acceptors (Lipinski definition) is 2. The first-order valence-electron chi connectivity index (χ1n) is 6.56. The second kappa shape index (κ2) is 6.10. The van der Waals surface area contributed by atoms with Crippen LogP contribution in [0.5, 0.6) is 0 Å². The number of hydrogen-bond donors (Lipinski definition) is 2. The number of piperidine rings is 1. The Balaban J connectivity index is 2.01. The summed E-state index contributed by atoms with van der Waals surface area (Å²) >= 11 is 0. The van der Waals surface area contributed by atoms with Gasteiger partial charge in [-0.1, -0.05) is 6.42 Å². The van der Waals surface area contributed by atoms with Crippen LogP contribution in [0, 0.1) is 11.6 Å². The quantitative estimate of drug-likeness (QED) is 0.883. The summed E-state index contributed by atoms with van der Waals surface area (Å²) in [4.78, 5) is 12.0. The lowest BCUT2D eigenvalue weighted by Crippen LogP contribution is -2.47. The number of carbonyl (C=O) groups excluding carboxylic acids is 1. The van der Waals surface area contributed by atoms with Crippen LogP contribution in [0.2, 0.25) is 0 Å². The van der Waals surface area contributed by atoms with Crippen LogP contribution < -0.4 is 10.6 Å². The van der Waals surface area contributed by atoms with Crippen LogP contribution in [0.25, 0.3) is 0 Å². The van der Waals surface area contributed by atoms with Gasteiger partial charge in [0.25, 0.3) is 0 Å². The van der Waals surface area contributed by atoms with Crippen molar-refractivity contribution in [3.05, 3.63) is 35.4 Å². The summed E-state index contributed by atoms with van der Waals surface area (Å²) in [5.41, 5.74) is 0.171. The maximum Gasteiger partial charge on any atom is 0.237 e. The molecule has 0 spiro atoms. The molecular weight excluding hydrogens is 250 g/mol. The van der Waals surface area contributed by atoms with Crippen molar-refractivity contribution in [2.75, 3.05) is 6.54 Å². The van der Waals surface area contributed by atoms with Gasteiger partial charge in [0.2, 0.25) is 5.91 Å². The van der Waals surface area contributed by atoms with E-state index in [0.29, 0.717) is 0 Å². The SMILES string of the molecule is CC(NC(=O)[C@H]1CCCCN1)c1cc(F)ccc1F. The first-order valence-corrected chi connectivity index (χ1v) is 6.56. The number of amides is 1. The number of benzene rings is 1. The van der Waals surface area contributed by atoms with Gasteiger partial charge in [0, 0.05) is 5.56 Å². The zero-order valence-electron chi connectivity index (χ0n) is 10.9. The Morgan fingerprint density at radius 2 is 2.21 bits per heavy atom. The zero-order valence-corrected chi connectivity index (χ0v) is 10.9. The fourth-order valence-corrected chi connectivity index (χ4v) is 2.31. The van der Waals surface area contributed by atoms with Crippen molar-refractivity contribution in [1.29, 1.82) is 0 Å². The molecule has 1 aromatic carbocycles. The molecule has 19 heavy (non-hydrogen) atoms. The van der Waals surface area contributed by atoms with Crippen molar-refractivity contribution < 1.29 is 13.6 Å². The molecule has 1 heterocycles. The Hall–Kier alpha value is -1.49. The molecule has 0 aromatic heterocycles. The van der Waals surface area contributed by atoms with Gasteiger partial charge in [-0.3, -0.25) is 4.79 Å². The summed E-state index contributed by atoms with van der Waals surface area (Å²) in [6, 6.07) is 2.48. The first kappa shape index (κ1) is 13.9. The number of nitrogens with one attached hydrogen (secondary N) is 2. The van der Waals surface area contributed by atoms with E-state index in [2.05, 4.69) is 10.6 Å². The molecule has 5 heteroatoms. The lowest BCUT2D eigenvalue weighted by atomic mass is 10.0. The molecular formula is C14H18F2N2O. The normalized spacial score (nSPS) is 20.9. The van der Waals surface area contributed by atoms with Crippen molar-refractivity contribution in [2.24, 2.45) is 0 Å². The van der Waals surface area contributed by atoms with Gasteiger partial charge < -0.3 is 10.6 Å². The monoisotopic (exact) mass is 268 g/mol. The number of rotatable bonds is 3. The van der Waals surface area contributed by atoms with E-state index in [1.54, 1.807) is 6.92 Å². The molecule has 0 bridgehead atoms. The molecule has 2 rings (SSSR count). The highest BCUT2D eigenvalue weighted by molar-refractivity contribution is 5.82. The maximum atomic E-state index is 13.6. The minimum absolute atomic E-state index is 0.157. The highest BCUT2D eigenvalue weighted by atomic mass is 19.1. The molecule has 1 saturated heterocycles. The molecule has 0 radical (unpaired) electrons. The molecule has 0 aliphatic carbocycles. The first-order chi connectivity index (χ1) is 9.08. The summed E-state index contributed by atoms with van der Waals surface area (Å²) in [7, 11) is 0. The van der Waals surface area contributed by atoms with Gasteiger partial charge in [-0.2, -0.15) is 0 Å². The lowest BCUT2D eigenvalue weighted by Gasteiger charge is -2.24. The third kappa shape index (κ3) is 3.50. The highest BCUT2D eigenvalue weighted by Gasteiger charge is 2.23. The molecule has 1 aromatic rings. The summed E-state index contributed by atoms with van der Waals surface area (Å²) in [5.74, 6) is -1.17. The smallest absolute Gasteiger partial charge is 0.237 e. The minimum atomic E-state index is -0.549. The van der Waals surface area contributed by atoms with Gasteiger partial charge in [-0.15, -0.1) is 0 Å². The molecule has 2 N–H and O–H groups in total. The average molecular weight is 268 g/mol. The van der Waals surface area contributed by atoms with E-state index in [9.17, 15) is 13.6 Å². The van der Waals surface area contributed by atoms with E-state index in [1.807, 2.05) is 0 Å². The van der Waals surface area contributed by atoms with E-state index >= 15 is 0 Å². The van der Waals surface area contributed by atoms with Gasteiger partial charge in [0.1, 0.15) is 11.6 Å². The summed E-state index contributed by atoms with van der Waals surface area (Å²) in [6.45, 7) is 2.47. The van der Waals surface area contributed by atoms with Crippen LogP contribution in [0.3, 0.4) is 0 Å². The van der Waals surface area contributed by atoms with E-state index in [1.165, 1.54) is 0 Å². The van der Waals surface area contributed by atoms with E-state index in [-0.39, 0.29) is 17.5 Å². The predicted molar refractivity (Wildman–Crippen MR) is 68.6 cm³/mol. The molecule has 2 atom stereocenters. The Labute approximate surface area is 111 Å². The van der Waals surface area contributed by atoms with Gasteiger partial charge in [0.05, 0.1) is 12.1 Å². The van der Waals surface area contributed by atoms with Crippen LogP contribution >= 0.6 is 0 Å². The third-order valence-electron chi connectivity index (χ3n) is 3.41. The fourth-order valence-electron chi connectivity index (χ4n) is 2.31. The predicted octanol–water partition coefficient (Wildman–Crippen LogP) is 2.28. The van der Waals surface area contributed by atoms with Gasteiger partial charge in [-0.05, 0) is 44.5 Å². The molecule has 1 unspecified atom stereocenters. The molecule has 1 amide bonds. The van der Waals surface area contributed by atoms with E-state index < -0.39 is 17.7 Å². The van der Waals surface area contributed by atoms with Gasteiger partial charge >= 0.3 is 0 Å². The second-order valence-electron chi connectivity index (χ2n) is 4.90. The largest absolute Gasteiger partial charge is 0.348 e. The maximum absolute atomic E-state index is 13.6. The van der Waals surface area contributed by atoms with Crippen LogP contribution in [0.4, 0.5) is 8.78 Å². The number of carbonyl (C=O) groups is 1. The number of halogens is 2. The van der Waals surface area contributed by atoms with Crippen molar-refractivity contribution >= 4 is 5.91 Å². The Morgan fingerprint density at radius 3 is 2.89 bits per heavy atom. The molecule has 1 aliphatic heterocycles. The summed E-state index contributed by atoms with van der Waals surface area (Å²) in [6.07, 6.45) is 2.86. The van der Waals surface area contributed by atoms with Crippen molar-refractivity contribution in [3.63, 3.8) is 0 Å². The highest BCUT2D eigenvalue weighted by Crippen LogP contribution is 2.18. The van der Waals surface area contributed by atoms with Crippen LogP contribution in [-0.2, 0) is 4.79 Å². The zero-order chi connectivity index (χ0) is 13.8. The van der Waals surface area contributed by atoms with Gasteiger partial charge in [0.15, 0.2) is 0 Å². The van der Waals surface area contributed by atoms with Crippen LogP contribution in [0.15, 0.2) is 18.2 Å². The molecule has 1 fully saturated rings. The Kier molecular flexibility index (Phi) is 4.47. The van der Waals surface area contributed by atoms with Crippen molar-refractivity contribution in [2.45, 2.75) is 38.3 Å². The second-order valence-corrected chi connectivity index (χ2v) is 4.90. The summed E-state index contributed by atoms with van der Waals surface area (Å²) in [5, 5.41) is 5.85. The fraction of sp³-hybridized carbons (Fsp3) is 0.500. The minimum Gasteiger partial charge on any atom is -0.348 e. The van der Waals surface area contributed by atoms with Crippen molar-refractivity contribution in [1.82, 2.24) is 10.6 Å². The summed E-state index contributed by atoms with van der Waals surface area (Å²) < 4.78 is 26.7. The van der Waals surface area contributed by atoms with E-state index in [4.69, 9.17) is 0 Å². The topological polar surface area (TPSA) is 41.1 Å². The molecule has 0 saturated carbocycles. The molecule has 3 nitrogen and oxygen atoms in total. The van der Waals surface area contributed by atoms with Gasteiger partial charge in [-0.25, -0.2) is 8.78 Å².